The van der Waals surface area contributed by atoms with E-state index in [2.05, 4.69) is 5.32 Å². The zero-order valence-corrected chi connectivity index (χ0v) is 15.9. The van der Waals surface area contributed by atoms with Crippen LogP contribution < -0.4 is 14.8 Å². The minimum atomic E-state index is -0.527. The molecule has 2 rings (SSSR count). The summed E-state index contributed by atoms with van der Waals surface area (Å²) in [5, 5.41) is 2.74. The lowest BCUT2D eigenvalue weighted by molar-refractivity contribution is -0.142. The van der Waals surface area contributed by atoms with Crippen LogP contribution in [0.2, 0.25) is 0 Å². The molecule has 2 aromatic carbocycles. The number of para-hydroxylation sites is 2. The highest BCUT2D eigenvalue weighted by Crippen LogP contribution is 2.23. The molecule has 7 nitrogen and oxygen atoms in total. The number of ketones is 1. The van der Waals surface area contributed by atoms with Crippen molar-refractivity contribution in [2.24, 2.45) is 0 Å². The lowest BCUT2D eigenvalue weighted by Gasteiger charge is -2.09. The standard InChI is InChI=1S/C21H23NO6/c1-26-16-8-5-7-15(13-16)18(23)14-28-21(25)12-6-11-20(24)22-17-9-3-4-10-19(17)27-2/h3-5,7-10,13H,6,11-12,14H2,1-2H3,(H,22,24). The largest absolute Gasteiger partial charge is 0.497 e. The molecule has 0 aliphatic carbocycles. The van der Waals surface area contributed by atoms with E-state index in [0.29, 0.717) is 29.2 Å². The van der Waals surface area contributed by atoms with E-state index in [1.807, 2.05) is 0 Å². The fourth-order valence-corrected chi connectivity index (χ4v) is 2.45. The number of benzene rings is 2. The highest BCUT2D eigenvalue weighted by atomic mass is 16.5. The normalized spacial score (nSPS) is 10.1. The van der Waals surface area contributed by atoms with Crippen LogP contribution in [0.5, 0.6) is 11.5 Å². The van der Waals surface area contributed by atoms with Crippen LogP contribution >= 0.6 is 0 Å². The first kappa shape index (κ1) is 21.0. The quantitative estimate of drug-likeness (QED) is 0.499. The summed E-state index contributed by atoms with van der Waals surface area (Å²) in [4.78, 5) is 35.8. The van der Waals surface area contributed by atoms with Gasteiger partial charge in [0.25, 0.3) is 0 Å². The summed E-state index contributed by atoms with van der Waals surface area (Å²) in [6.07, 6.45) is 0.509. The number of anilines is 1. The van der Waals surface area contributed by atoms with Crippen molar-refractivity contribution >= 4 is 23.3 Å². The smallest absolute Gasteiger partial charge is 0.306 e. The van der Waals surface area contributed by atoms with Gasteiger partial charge in [-0.05, 0) is 30.7 Å². The molecule has 28 heavy (non-hydrogen) atoms. The number of ether oxygens (including phenoxy) is 3. The second-order valence-corrected chi connectivity index (χ2v) is 5.92. The molecule has 0 aliphatic rings. The molecule has 1 N–H and O–H groups in total. The summed E-state index contributed by atoms with van der Waals surface area (Å²) in [5.41, 5.74) is 0.977. The van der Waals surface area contributed by atoms with Crippen LogP contribution in [0.15, 0.2) is 48.5 Å². The minimum Gasteiger partial charge on any atom is -0.497 e. The molecule has 2 aromatic rings. The molecule has 0 bridgehead atoms. The van der Waals surface area contributed by atoms with Crippen LogP contribution in [0.4, 0.5) is 5.69 Å². The molecular formula is C21H23NO6. The molecular weight excluding hydrogens is 362 g/mol. The minimum absolute atomic E-state index is 0.0464. The van der Waals surface area contributed by atoms with Crippen LogP contribution in [0, 0.1) is 0 Å². The molecule has 0 spiro atoms. The number of Topliss-reactive ketones (excluding diaryl/α,β-unsaturated/α-hetero) is 1. The predicted octanol–water partition coefficient (Wildman–Crippen LogP) is 3.24. The highest BCUT2D eigenvalue weighted by molar-refractivity contribution is 5.98. The van der Waals surface area contributed by atoms with Gasteiger partial charge in [-0.1, -0.05) is 24.3 Å². The maximum atomic E-state index is 12.1. The van der Waals surface area contributed by atoms with Crippen LogP contribution in [-0.2, 0) is 14.3 Å². The first-order valence-electron chi connectivity index (χ1n) is 8.79. The number of carbonyl (C=O) groups excluding carboxylic acids is 3. The van der Waals surface area contributed by atoms with Crippen molar-refractivity contribution in [3.63, 3.8) is 0 Å². The molecule has 0 radical (unpaired) electrons. The SMILES string of the molecule is COc1cccc(C(=O)COC(=O)CCCC(=O)Nc2ccccc2OC)c1. The number of hydrogen-bond acceptors (Lipinski definition) is 6. The van der Waals surface area contributed by atoms with Crippen molar-refractivity contribution < 1.29 is 28.6 Å². The fourth-order valence-electron chi connectivity index (χ4n) is 2.45. The maximum Gasteiger partial charge on any atom is 0.306 e. The van der Waals surface area contributed by atoms with E-state index in [0.717, 1.165) is 0 Å². The Labute approximate surface area is 163 Å². The number of carbonyl (C=O) groups is 3. The number of rotatable bonds is 10. The van der Waals surface area contributed by atoms with Gasteiger partial charge in [0, 0.05) is 18.4 Å². The van der Waals surface area contributed by atoms with E-state index in [1.165, 1.54) is 14.2 Å². The second kappa shape index (κ2) is 10.7. The van der Waals surface area contributed by atoms with Gasteiger partial charge in [0.2, 0.25) is 5.91 Å². The van der Waals surface area contributed by atoms with Crippen molar-refractivity contribution in [1.82, 2.24) is 0 Å². The molecule has 148 valence electrons. The van der Waals surface area contributed by atoms with Crippen LogP contribution in [0.1, 0.15) is 29.6 Å². The fraction of sp³-hybridized carbons (Fsp3) is 0.286. The number of amides is 1. The summed E-state index contributed by atoms with van der Waals surface area (Å²) in [6.45, 7) is -0.348. The average Bonchev–Trinajstić information content (AvgIpc) is 2.72. The van der Waals surface area contributed by atoms with Crippen molar-refractivity contribution in [3.05, 3.63) is 54.1 Å². The molecule has 7 heteroatoms. The van der Waals surface area contributed by atoms with Gasteiger partial charge >= 0.3 is 5.97 Å². The Kier molecular flexibility index (Phi) is 8.02. The van der Waals surface area contributed by atoms with Gasteiger partial charge in [0.1, 0.15) is 11.5 Å². The van der Waals surface area contributed by atoms with Gasteiger partial charge in [-0.3, -0.25) is 14.4 Å². The second-order valence-electron chi connectivity index (χ2n) is 5.92. The Morgan fingerprint density at radius 1 is 0.929 bits per heavy atom. The summed E-state index contributed by atoms with van der Waals surface area (Å²) >= 11 is 0. The molecule has 0 fully saturated rings. The van der Waals surface area contributed by atoms with Gasteiger partial charge in [-0.25, -0.2) is 0 Å². The Morgan fingerprint density at radius 2 is 1.71 bits per heavy atom. The number of methoxy groups -OCH3 is 2. The first-order valence-corrected chi connectivity index (χ1v) is 8.79. The summed E-state index contributed by atoms with van der Waals surface area (Å²) in [5.74, 6) is 0.0387. The lowest BCUT2D eigenvalue weighted by Crippen LogP contribution is -2.15. The molecule has 0 aliphatic heterocycles. The number of nitrogens with one attached hydrogen (secondary N) is 1. The van der Waals surface area contributed by atoms with E-state index < -0.39 is 5.97 Å². The van der Waals surface area contributed by atoms with Gasteiger partial charge < -0.3 is 19.5 Å². The van der Waals surface area contributed by atoms with Crippen LogP contribution in [0.3, 0.4) is 0 Å². The Balaban J connectivity index is 1.70. The highest BCUT2D eigenvalue weighted by Gasteiger charge is 2.12. The monoisotopic (exact) mass is 385 g/mol. The van der Waals surface area contributed by atoms with E-state index in [1.54, 1.807) is 48.5 Å². The van der Waals surface area contributed by atoms with Gasteiger partial charge in [-0.15, -0.1) is 0 Å². The summed E-state index contributed by atoms with van der Waals surface area (Å²) < 4.78 is 15.2. The van der Waals surface area contributed by atoms with E-state index in [4.69, 9.17) is 14.2 Å². The Hall–Kier alpha value is -3.35. The van der Waals surface area contributed by atoms with Crippen molar-refractivity contribution in [2.75, 3.05) is 26.1 Å². The third-order valence-electron chi connectivity index (χ3n) is 3.92. The van der Waals surface area contributed by atoms with E-state index in [9.17, 15) is 14.4 Å². The van der Waals surface area contributed by atoms with Gasteiger partial charge in [0.15, 0.2) is 12.4 Å². The van der Waals surface area contributed by atoms with Crippen molar-refractivity contribution in [2.45, 2.75) is 19.3 Å². The zero-order valence-electron chi connectivity index (χ0n) is 15.9. The zero-order chi connectivity index (χ0) is 20.4. The first-order chi connectivity index (χ1) is 13.5. The Morgan fingerprint density at radius 3 is 2.46 bits per heavy atom. The van der Waals surface area contributed by atoms with Crippen LogP contribution in [-0.4, -0.2) is 38.5 Å². The van der Waals surface area contributed by atoms with Gasteiger partial charge in [0.05, 0.1) is 19.9 Å². The third kappa shape index (κ3) is 6.42. The summed E-state index contributed by atoms with van der Waals surface area (Å²) in [6, 6.07) is 13.7. The average molecular weight is 385 g/mol. The molecule has 0 atom stereocenters. The van der Waals surface area contributed by atoms with Crippen LogP contribution in [0.25, 0.3) is 0 Å². The molecule has 0 unspecified atom stereocenters. The lowest BCUT2D eigenvalue weighted by atomic mass is 10.1. The maximum absolute atomic E-state index is 12.1. The third-order valence-corrected chi connectivity index (χ3v) is 3.92. The topological polar surface area (TPSA) is 90.9 Å². The summed E-state index contributed by atoms with van der Waals surface area (Å²) in [7, 11) is 3.03. The number of hydrogen-bond donors (Lipinski definition) is 1. The predicted molar refractivity (Wildman–Crippen MR) is 104 cm³/mol. The molecule has 1 amide bonds. The van der Waals surface area contributed by atoms with Crippen molar-refractivity contribution in [3.8, 4) is 11.5 Å². The van der Waals surface area contributed by atoms with Crippen molar-refractivity contribution in [1.29, 1.82) is 0 Å². The van der Waals surface area contributed by atoms with E-state index in [-0.39, 0.29) is 31.1 Å². The van der Waals surface area contributed by atoms with E-state index >= 15 is 0 Å². The Bertz CT molecular complexity index is 833. The van der Waals surface area contributed by atoms with Gasteiger partial charge in [-0.2, -0.15) is 0 Å². The molecule has 0 saturated heterocycles. The molecule has 0 saturated carbocycles. The molecule has 0 heterocycles. The molecule has 0 aromatic heterocycles. The number of esters is 1.